The van der Waals surface area contributed by atoms with E-state index in [-0.39, 0.29) is 5.41 Å². The highest BCUT2D eigenvalue weighted by molar-refractivity contribution is 5.36. The van der Waals surface area contributed by atoms with E-state index < -0.39 is 0 Å². The minimum atomic E-state index is 0.273. The van der Waals surface area contributed by atoms with Crippen molar-refractivity contribution in [1.29, 1.82) is 0 Å². The zero-order valence-corrected chi connectivity index (χ0v) is 9.22. The third kappa shape index (κ3) is 2.87. The summed E-state index contributed by atoms with van der Waals surface area (Å²) in [5.74, 6) is 0. The molecule has 0 saturated carbocycles. The number of rotatable bonds is 1. The van der Waals surface area contributed by atoms with Gasteiger partial charge in [0.2, 0.25) is 0 Å². The monoisotopic (exact) mass is 176 g/mol. The van der Waals surface area contributed by atoms with Crippen LogP contribution in [0, 0.1) is 5.41 Å². The summed E-state index contributed by atoms with van der Waals surface area (Å²) >= 11 is 0. The predicted molar refractivity (Wildman–Crippen MR) is 59.7 cm³/mol. The summed E-state index contributed by atoms with van der Waals surface area (Å²) in [5.41, 5.74) is 3.18. The third-order valence-corrected chi connectivity index (χ3v) is 2.43. The van der Waals surface area contributed by atoms with Crippen LogP contribution >= 0.6 is 0 Å². The van der Waals surface area contributed by atoms with Crippen molar-refractivity contribution >= 4 is 0 Å². The normalized spacial score (nSPS) is 17.8. The maximum atomic E-state index is 2.34. The quantitative estimate of drug-likeness (QED) is 0.560. The lowest BCUT2D eigenvalue weighted by Crippen LogP contribution is -2.07. The zero-order chi connectivity index (χ0) is 9.90. The van der Waals surface area contributed by atoms with Crippen molar-refractivity contribution in [3.63, 3.8) is 0 Å². The van der Waals surface area contributed by atoms with E-state index in [1.165, 1.54) is 11.1 Å². The van der Waals surface area contributed by atoms with Crippen LogP contribution in [0.15, 0.2) is 35.5 Å². The molecule has 1 aliphatic rings. The summed E-state index contributed by atoms with van der Waals surface area (Å²) in [7, 11) is 0. The van der Waals surface area contributed by atoms with Crippen LogP contribution in [0.5, 0.6) is 0 Å². The molecule has 0 aromatic carbocycles. The molecule has 0 aliphatic heterocycles. The first-order chi connectivity index (χ1) is 6.04. The van der Waals surface area contributed by atoms with E-state index in [0.717, 1.165) is 12.8 Å². The van der Waals surface area contributed by atoms with Gasteiger partial charge in [-0.25, -0.2) is 0 Å². The van der Waals surface area contributed by atoms with Crippen LogP contribution in [0.3, 0.4) is 0 Å². The van der Waals surface area contributed by atoms with E-state index in [0.29, 0.717) is 0 Å². The molecule has 0 amide bonds. The fourth-order valence-electron chi connectivity index (χ4n) is 1.43. The smallest absolute Gasteiger partial charge is 0.0132 e. The fourth-order valence-corrected chi connectivity index (χ4v) is 1.43. The maximum absolute atomic E-state index is 2.34. The second kappa shape index (κ2) is 3.95. The van der Waals surface area contributed by atoms with Gasteiger partial charge >= 0.3 is 0 Å². The van der Waals surface area contributed by atoms with Crippen molar-refractivity contribution in [3.05, 3.63) is 35.5 Å². The van der Waals surface area contributed by atoms with Crippen molar-refractivity contribution in [1.82, 2.24) is 0 Å². The molecule has 0 heteroatoms. The van der Waals surface area contributed by atoms with Crippen LogP contribution in [0.25, 0.3) is 0 Å². The van der Waals surface area contributed by atoms with Crippen molar-refractivity contribution in [2.75, 3.05) is 0 Å². The molecule has 0 spiro atoms. The summed E-state index contributed by atoms with van der Waals surface area (Å²) < 4.78 is 0. The van der Waals surface area contributed by atoms with Crippen LogP contribution in [0.4, 0.5) is 0 Å². The Bertz CT molecular complexity index is 256. The van der Waals surface area contributed by atoms with Gasteiger partial charge in [-0.15, -0.1) is 0 Å². The van der Waals surface area contributed by atoms with Crippen LogP contribution in [-0.2, 0) is 0 Å². The Balaban J connectivity index is 2.95. The zero-order valence-electron chi connectivity index (χ0n) is 9.22. The van der Waals surface area contributed by atoms with Gasteiger partial charge in [-0.2, -0.15) is 0 Å². The molecular weight excluding hydrogens is 156 g/mol. The maximum Gasteiger partial charge on any atom is -0.0132 e. The molecule has 0 N–H and O–H groups in total. The fraction of sp³-hybridized carbons (Fsp3) is 0.538. The second-order valence-electron chi connectivity index (χ2n) is 4.62. The van der Waals surface area contributed by atoms with E-state index in [1.807, 2.05) is 0 Å². The van der Waals surface area contributed by atoms with Gasteiger partial charge in [0, 0.05) is 0 Å². The molecule has 0 saturated heterocycles. The van der Waals surface area contributed by atoms with Gasteiger partial charge in [-0.1, -0.05) is 57.6 Å². The Hall–Kier alpha value is -0.780. The topological polar surface area (TPSA) is 0 Å². The summed E-state index contributed by atoms with van der Waals surface area (Å²) in [6.45, 7) is 9.01. The van der Waals surface area contributed by atoms with Crippen molar-refractivity contribution in [2.24, 2.45) is 5.41 Å². The van der Waals surface area contributed by atoms with Crippen molar-refractivity contribution < 1.29 is 0 Å². The molecule has 0 heterocycles. The van der Waals surface area contributed by atoms with E-state index >= 15 is 0 Å². The summed E-state index contributed by atoms with van der Waals surface area (Å²) in [4.78, 5) is 0. The van der Waals surface area contributed by atoms with Gasteiger partial charge in [0.1, 0.15) is 0 Å². The Morgan fingerprint density at radius 2 is 2.00 bits per heavy atom. The van der Waals surface area contributed by atoms with Gasteiger partial charge in [0.05, 0.1) is 0 Å². The molecule has 0 fully saturated rings. The standard InChI is InChI=1S/C13H20/c1-5-11-8-6-7-9-12(10-11)13(2,3)4/h7-10H,5-6H2,1-4H3. The van der Waals surface area contributed by atoms with E-state index in [9.17, 15) is 0 Å². The molecule has 72 valence electrons. The first-order valence-electron chi connectivity index (χ1n) is 5.12. The Kier molecular flexibility index (Phi) is 3.13. The molecule has 1 aliphatic carbocycles. The first-order valence-corrected chi connectivity index (χ1v) is 5.12. The van der Waals surface area contributed by atoms with E-state index in [2.05, 4.69) is 52.0 Å². The largest absolute Gasteiger partial charge is 0.0804 e. The summed E-state index contributed by atoms with van der Waals surface area (Å²) in [6.07, 6.45) is 11.4. The molecule has 0 radical (unpaired) electrons. The molecule has 0 aromatic rings. The third-order valence-electron chi connectivity index (χ3n) is 2.43. The summed E-state index contributed by atoms with van der Waals surface area (Å²) in [6, 6.07) is 0. The van der Waals surface area contributed by atoms with Gasteiger partial charge in [0.25, 0.3) is 0 Å². The molecule has 13 heavy (non-hydrogen) atoms. The van der Waals surface area contributed by atoms with Crippen LogP contribution < -0.4 is 0 Å². The SMILES string of the molecule is CCC1=CCC=CC(C(C)(C)C)=C1. The summed E-state index contributed by atoms with van der Waals surface area (Å²) in [5, 5.41) is 0. The molecular formula is C13H20. The minimum Gasteiger partial charge on any atom is -0.0804 e. The lowest BCUT2D eigenvalue weighted by atomic mass is 9.85. The molecule has 0 unspecified atom stereocenters. The van der Waals surface area contributed by atoms with Gasteiger partial charge in [-0.05, 0) is 23.8 Å². The van der Waals surface area contributed by atoms with Crippen molar-refractivity contribution in [3.8, 4) is 0 Å². The van der Waals surface area contributed by atoms with Gasteiger partial charge < -0.3 is 0 Å². The van der Waals surface area contributed by atoms with Crippen LogP contribution in [-0.4, -0.2) is 0 Å². The molecule has 0 atom stereocenters. The van der Waals surface area contributed by atoms with Crippen LogP contribution in [0.2, 0.25) is 0 Å². The molecule has 0 aromatic heterocycles. The Labute approximate surface area is 82.0 Å². The Morgan fingerprint density at radius 1 is 1.31 bits per heavy atom. The van der Waals surface area contributed by atoms with Crippen LogP contribution in [0.1, 0.15) is 40.5 Å². The van der Waals surface area contributed by atoms with E-state index in [4.69, 9.17) is 0 Å². The van der Waals surface area contributed by atoms with Gasteiger partial charge in [0.15, 0.2) is 0 Å². The number of hydrogen-bond acceptors (Lipinski definition) is 0. The van der Waals surface area contributed by atoms with E-state index in [1.54, 1.807) is 0 Å². The predicted octanol–water partition coefficient (Wildman–Crippen LogP) is 4.26. The van der Waals surface area contributed by atoms with Crippen molar-refractivity contribution in [2.45, 2.75) is 40.5 Å². The highest BCUT2D eigenvalue weighted by atomic mass is 14.2. The number of hydrogen-bond donors (Lipinski definition) is 0. The van der Waals surface area contributed by atoms with Gasteiger partial charge in [-0.3, -0.25) is 0 Å². The molecule has 0 bridgehead atoms. The number of allylic oxidation sites excluding steroid dienone is 6. The average Bonchev–Trinajstić information content (AvgIpc) is 2.27. The second-order valence-corrected chi connectivity index (χ2v) is 4.62. The average molecular weight is 176 g/mol. The Morgan fingerprint density at radius 3 is 2.54 bits per heavy atom. The highest BCUT2D eigenvalue weighted by Crippen LogP contribution is 2.29. The molecule has 0 nitrogen and oxygen atoms in total. The minimum absolute atomic E-state index is 0.273. The molecule has 1 rings (SSSR count). The highest BCUT2D eigenvalue weighted by Gasteiger charge is 2.15. The lowest BCUT2D eigenvalue weighted by molar-refractivity contribution is 0.516. The first kappa shape index (κ1) is 10.3. The lowest BCUT2D eigenvalue weighted by Gasteiger charge is -2.20.